The molecule has 0 fully saturated rings. The molecule has 110 valence electrons. The van der Waals surface area contributed by atoms with E-state index in [-0.39, 0.29) is 5.56 Å². The predicted molar refractivity (Wildman–Crippen MR) is 80.7 cm³/mol. The molecule has 2 aromatic rings. The van der Waals surface area contributed by atoms with Crippen LogP contribution in [0.4, 0.5) is 0 Å². The van der Waals surface area contributed by atoms with Crippen LogP contribution in [0.25, 0.3) is 11.0 Å². The first kappa shape index (κ1) is 14.8. The maximum atomic E-state index is 10.9. The van der Waals surface area contributed by atoms with E-state index in [9.17, 15) is 4.79 Å². The van der Waals surface area contributed by atoms with Crippen molar-refractivity contribution in [2.45, 2.75) is 6.73 Å². The third-order valence-corrected chi connectivity index (χ3v) is 4.17. The van der Waals surface area contributed by atoms with Gasteiger partial charge in [-0.2, -0.15) is 5.10 Å². The van der Waals surface area contributed by atoms with Crippen molar-refractivity contribution in [3.63, 3.8) is 0 Å². The number of carbonyl (C=O) groups is 1. The summed E-state index contributed by atoms with van der Waals surface area (Å²) in [4.78, 5) is 15.0. The zero-order valence-corrected chi connectivity index (χ0v) is 12.7. The number of fused-ring (bicyclic) bond motifs is 1. The molecule has 20 heavy (non-hydrogen) atoms. The zero-order valence-electron chi connectivity index (χ0n) is 11.9. The van der Waals surface area contributed by atoms with Crippen LogP contribution in [0.15, 0.2) is 18.5 Å². The molecule has 0 bridgehead atoms. The Morgan fingerprint density at radius 2 is 2.15 bits per heavy atom. The molecule has 2 heterocycles. The van der Waals surface area contributed by atoms with E-state index in [1.54, 1.807) is 16.9 Å². The van der Waals surface area contributed by atoms with E-state index in [0.717, 1.165) is 5.75 Å². The van der Waals surface area contributed by atoms with Gasteiger partial charge >= 0.3 is 5.97 Å². The zero-order chi connectivity index (χ0) is 14.8. The lowest BCUT2D eigenvalue weighted by atomic mass is 10.2. The van der Waals surface area contributed by atoms with Gasteiger partial charge in [0.05, 0.1) is 18.4 Å². The van der Waals surface area contributed by atoms with Gasteiger partial charge in [0.15, 0.2) is 5.65 Å². The average molecular weight is 297 g/mol. The first-order chi connectivity index (χ1) is 9.37. The first-order valence-corrected chi connectivity index (χ1v) is 9.18. The number of hydrogen-bond donors (Lipinski definition) is 1. The first-order valence-electron chi connectivity index (χ1n) is 6.15. The summed E-state index contributed by atoms with van der Waals surface area (Å²) in [7, 11) is -0.558. The Bertz CT molecular complexity index is 619. The Hall–Kier alpha value is -1.60. The van der Waals surface area contributed by atoms with Gasteiger partial charge in [-0.15, -0.1) is 0 Å². The molecule has 0 radical (unpaired) electrons. The van der Waals surface area contributed by atoms with Gasteiger partial charge in [-0.3, -0.25) is 0 Å². The van der Waals surface area contributed by atoms with Gasteiger partial charge in [-0.05, 0) is 24.8 Å². The minimum atomic E-state index is -0.989. The van der Waals surface area contributed by atoms with Crippen LogP contribution in [0.2, 0.25) is 0 Å². The van der Waals surface area contributed by atoms with Gasteiger partial charge in [0, 0.05) is 17.3 Å². The number of carboxylic acids is 1. The van der Waals surface area contributed by atoms with Crippen LogP contribution in [0.3, 0.4) is 0 Å². The van der Waals surface area contributed by atoms with Gasteiger partial charge in [-0.25, -0.2) is 24.5 Å². The van der Waals surface area contributed by atoms with Crippen molar-refractivity contribution in [3.8, 4) is 0 Å². The predicted octanol–water partition coefficient (Wildman–Crippen LogP) is 1.80. The van der Waals surface area contributed by atoms with E-state index >= 15 is 0 Å². The number of carboxylic acid groups (broad SMARTS) is 1. The summed E-state index contributed by atoms with van der Waals surface area (Å²) in [5.41, 5.74) is 0.799. The molecule has 0 amide bonds. The van der Waals surface area contributed by atoms with E-state index in [0.29, 0.717) is 24.4 Å². The van der Waals surface area contributed by atoms with Crippen LogP contribution in [-0.4, -0.2) is 57.0 Å². The number of pyridine rings is 1. The van der Waals surface area contributed by atoms with Gasteiger partial charge in [0.2, 0.25) is 0 Å². The summed E-state index contributed by atoms with van der Waals surface area (Å²) in [5.74, 6) is 0.0551. The molecule has 0 atom stereocenters. The highest BCUT2D eigenvalue weighted by Crippen LogP contribution is 2.33. The lowest BCUT2D eigenvalue weighted by Gasteiger charge is -2.24. The third kappa shape index (κ3) is 3.71. The second-order valence-corrected chi connectivity index (χ2v) is 10.0. The molecule has 0 aliphatic heterocycles. The molecule has 6 nitrogen and oxygen atoms in total. The van der Waals surface area contributed by atoms with Crippen molar-refractivity contribution in [2.24, 2.45) is 0 Å². The van der Waals surface area contributed by atoms with Crippen molar-refractivity contribution >= 4 is 27.0 Å². The summed E-state index contributed by atoms with van der Waals surface area (Å²) in [6.07, 6.45) is 9.67. The molecular formula is C13H19N3O3S. The fourth-order valence-electron chi connectivity index (χ4n) is 1.64. The number of aromatic nitrogens is 3. The molecule has 0 aliphatic carbocycles. The maximum absolute atomic E-state index is 10.9. The van der Waals surface area contributed by atoms with Crippen LogP contribution in [0.5, 0.6) is 0 Å². The van der Waals surface area contributed by atoms with Gasteiger partial charge < -0.3 is 9.84 Å². The second kappa shape index (κ2) is 5.80. The Morgan fingerprint density at radius 1 is 1.40 bits per heavy atom. The van der Waals surface area contributed by atoms with E-state index < -0.39 is 16.0 Å². The normalized spacial score (nSPS) is 12.8. The summed E-state index contributed by atoms with van der Waals surface area (Å²) in [6.45, 7) is 1.02. The molecule has 0 aromatic carbocycles. The van der Waals surface area contributed by atoms with Crippen molar-refractivity contribution in [1.82, 2.24) is 14.8 Å². The molecule has 2 aromatic heterocycles. The SMILES string of the molecule is CS(C)(C)CCOCn1ncc2cc(C(=O)O)cnc21. The van der Waals surface area contributed by atoms with Crippen molar-refractivity contribution in [3.05, 3.63) is 24.0 Å². The van der Waals surface area contributed by atoms with E-state index in [2.05, 4.69) is 28.8 Å². The molecular weight excluding hydrogens is 278 g/mol. The number of rotatable bonds is 6. The number of nitrogens with zero attached hydrogens (tertiary/aromatic N) is 3. The lowest BCUT2D eigenvalue weighted by molar-refractivity contribution is 0.0696. The minimum absolute atomic E-state index is 0.161. The van der Waals surface area contributed by atoms with Crippen LogP contribution in [0.1, 0.15) is 10.4 Å². The second-order valence-electron chi connectivity index (χ2n) is 5.42. The Morgan fingerprint density at radius 3 is 2.80 bits per heavy atom. The Balaban J connectivity index is 2.03. The maximum Gasteiger partial charge on any atom is 0.337 e. The van der Waals surface area contributed by atoms with Crippen LogP contribution >= 0.6 is 10.0 Å². The number of aromatic carboxylic acids is 1. The van der Waals surface area contributed by atoms with Crippen molar-refractivity contribution in [2.75, 3.05) is 31.1 Å². The highest BCUT2D eigenvalue weighted by Gasteiger charge is 2.09. The average Bonchev–Trinajstić information content (AvgIpc) is 2.76. The van der Waals surface area contributed by atoms with Gasteiger partial charge in [-0.1, -0.05) is 0 Å². The van der Waals surface area contributed by atoms with Crippen molar-refractivity contribution < 1.29 is 14.6 Å². The monoisotopic (exact) mass is 297 g/mol. The molecule has 7 heteroatoms. The largest absolute Gasteiger partial charge is 0.478 e. The lowest BCUT2D eigenvalue weighted by Crippen LogP contribution is -2.11. The topological polar surface area (TPSA) is 77.2 Å². The molecule has 0 saturated carbocycles. The van der Waals surface area contributed by atoms with Crippen molar-refractivity contribution in [1.29, 1.82) is 0 Å². The Kier molecular flexibility index (Phi) is 4.29. The fraction of sp³-hybridized carbons (Fsp3) is 0.462. The van der Waals surface area contributed by atoms with E-state index in [1.807, 2.05) is 0 Å². The molecule has 0 saturated heterocycles. The molecule has 1 N–H and O–H groups in total. The highest BCUT2D eigenvalue weighted by atomic mass is 32.3. The van der Waals surface area contributed by atoms with Gasteiger partial charge in [0.1, 0.15) is 6.73 Å². The molecule has 0 aliphatic rings. The summed E-state index contributed by atoms with van der Waals surface area (Å²) < 4.78 is 7.24. The Labute approximate surface area is 119 Å². The number of ether oxygens (including phenoxy) is 1. The fourth-order valence-corrected chi connectivity index (χ4v) is 2.26. The summed E-state index contributed by atoms with van der Waals surface area (Å²) >= 11 is 0. The third-order valence-electron chi connectivity index (χ3n) is 2.78. The summed E-state index contributed by atoms with van der Waals surface area (Å²) in [6, 6.07) is 1.56. The molecule has 0 spiro atoms. The van der Waals surface area contributed by atoms with E-state index in [1.165, 1.54) is 6.20 Å². The smallest absolute Gasteiger partial charge is 0.337 e. The van der Waals surface area contributed by atoms with Crippen LogP contribution in [0, 0.1) is 0 Å². The molecule has 2 rings (SSSR count). The summed E-state index contributed by atoms with van der Waals surface area (Å²) in [5, 5.41) is 13.8. The quantitative estimate of drug-likeness (QED) is 0.823. The molecule has 0 unspecified atom stereocenters. The van der Waals surface area contributed by atoms with Crippen LogP contribution < -0.4 is 0 Å². The highest BCUT2D eigenvalue weighted by molar-refractivity contribution is 8.32. The number of hydrogen-bond acceptors (Lipinski definition) is 4. The standard InChI is InChI=1S/C13H19N3O3S/c1-20(2,3)5-4-19-9-16-12-10(8-15-16)6-11(7-14-12)13(17)18/h6-8H,4-5,9H2,1-3H3,(H,17,18). The van der Waals surface area contributed by atoms with Gasteiger partial charge in [0.25, 0.3) is 0 Å². The van der Waals surface area contributed by atoms with E-state index in [4.69, 9.17) is 9.84 Å². The minimum Gasteiger partial charge on any atom is -0.478 e. The van der Waals surface area contributed by atoms with Crippen LogP contribution in [-0.2, 0) is 11.5 Å².